The fourth-order valence-electron chi connectivity index (χ4n) is 2.98. The van der Waals surface area contributed by atoms with E-state index in [1.807, 2.05) is 0 Å². The molecule has 12 heteroatoms. The molecule has 1 aromatic carbocycles. The monoisotopic (exact) mass is 554 g/mol. The molecule has 1 fully saturated rings. The Morgan fingerprint density at radius 1 is 1.07 bits per heavy atom. The van der Waals surface area contributed by atoms with Gasteiger partial charge in [0.2, 0.25) is 0 Å². The number of ether oxygens (including phenoxy) is 1. The van der Waals surface area contributed by atoms with Gasteiger partial charge in [-0.25, -0.2) is 0 Å². The van der Waals surface area contributed by atoms with Gasteiger partial charge in [-0.2, -0.15) is 26.3 Å². The lowest BCUT2D eigenvalue weighted by atomic mass is 10.0. The van der Waals surface area contributed by atoms with Crippen LogP contribution in [0.15, 0.2) is 29.3 Å². The Labute approximate surface area is 188 Å². The van der Waals surface area contributed by atoms with Gasteiger partial charge in [0, 0.05) is 33.2 Å². The molecule has 5 nitrogen and oxygen atoms in total. The molecule has 1 atom stereocenters. The van der Waals surface area contributed by atoms with E-state index in [0.29, 0.717) is 31.9 Å². The van der Waals surface area contributed by atoms with E-state index in [-0.39, 0.29) is 49.1 Å². The Morgan fingerprint density at radius 2 is 1.67 bits per heavy atom. The van der Waals surface area contributed by atoms with Crippen molar-refractivity contribution in [2.45, 2.75) is 24.8 Å². The summed E-state index contributed by atoms with van der Waals surface area (Å²) in [6.45, 7) is 2.11. The van der Waals surface area contributed by atoms with E-state index in [1.165, 1.54) is 19.2 Å². The van der Waals surface area contributed by atoms with Crippen LogP contribution in [0.2, 0.25) is 0 Å². The molecule has 0 aliphatic carbocycles. The van der Waals surface area contributed by atoms with E-state index >= 15 is 0 Å². The second kappa shape index (κ2) is 11.9. The number of nitrogens with one attached hydrogen (secondary N) is 2. The molecule has 1 saturated heterocycles. The molecule has 0 spiro atoms. The molecule has 2 rings (SSSR count). The third-order valence-electron chi connectivity index (χ3n) is 4.50. The van der Waals surface area contributed by atoms with Gasteiger partial charge in [-0.1, -0.05) is 12.1 Å². The molecule has 1 aliphatic rings. The van der Waals surface area contributed by atoms with Gasteiger partial charge in [0.25, 0.3) is 0 Å². The first-order valence-electron chi connectivity index (χ1n) is 9.10. The smallest absolute Gasteiger partial charge is 0.379 e. The number of benzene rings is 1. The van der Waals surface area contributed by atoms with Crippen LogP contribution in [0.4, 0.5) is 26.3 Å². The summed E-state index contributed by atoms with van der Waals surface area (Å²) in [7, 11) is 1.44. The zero-order chi connectivity index (χ0) is 21.5. The molecule has 0 aromatic heterocycles. The molecule has 1 heterocycles. The third-order valence-corrected chi connectivity index (χ3v) is 4.50. The maximum atomic E-state index is 12.8. The number of hydrogen-bond acceptors (Lipinski definition) is 3. The maximum absolute atomic E-state index is 12.8. The van der Waals surface area contributed by atoms with Crippen LogP contribution in [0.1, 0.15) is 23.6 Å². The number of morpholine rings is 1. The summed E-state index contributed by atoms with van der Waals surface area (Å²) in [5.74, 6) is 0.194. The van der Waals surface area contributed by atoms with Gasteiger partial charge in [0.1, 0.15) is 0 Å². The Kier molecular flexibility index (Phi) is 10.6. The van der Waals surface area contributed by atoms with Crippen LogP contribution in [-0.4, -0.2) is 63.5 Å². The zero-order valence-electron chi connectivity index (χ0n) is 16.3. The predicted molar refractivity (Wildman–Crippen MR) is 112 cm³/mol. The number of nitrogens with zero attached hydrogens (tertiary/aromatic N) is 2. The zero-order valence-corrected chi connectivity index (χ0v) is 18.6. The second-order valence-electron chi connectivity index (χ2n) is 6.53. The first-order chi connectivity index (χ1) is 13.6. The van der Waals surface area contributed by atoms with Crippen molar-refractivity contribution >= 4 is 29.9 Å². The average molecular weight is 554 g/mol. The molecule has 0 bridgehead atoms. The van der Waals surface area contributed by atoms with E-state index in [9.17, 15) is 26.3 Å². The Balaban J connectivity index is 0.00000450. The van der Waals surface area contributed by atoms with Crippen LogP contribution in [0.3, 0.4) is 0 Å². The van der Waals surface area contributed by atoms with E-state index < -0.39 is 24.3 Å². The molecule has 1 aromatic rings. The number of aliphatic imine (C=N–C) groups is 1. The van der Waals surface area contributed by atoms with Gasteiger partial charge in [-0.05, 0) is 17.7 Å². The Hall–Kier alpha value is -1.28. The predicted octanol–water partition coefficient (Wildman–Crippen LogP) is 3.81. The molecule has 2 N–H and O–H groups in total. The molecule has 172 valence electrons. The van der Waals surface area contributed by atoms with Gasteiger partial charge < -0.3 is 15.4 Å². The van der Waals surface area contributed by atoms with Crippen molar-refractivity contribution in [3.8, 4) is 0 Å². The normalized spacial score (nSPS) is 17.2. The summed E-state index contributed by atoms with van der Waals surface area (Å²) in [5.41, 5.74) is -0.0716. The van der Waals surface area contributed by atoms with Crippen LogP contribution in [0, 0.1) is 0 Å². The molecular weight excluding hydrogens is 529 g/mol. The van der Waals surface area contributed by atoms with Crippen LogP contribution < -0.4 is 10.6 Å². The van der Waals surface area contributed by atoms with E-state index in [0.717, 1.165) is 12.1 Å². The summed E-state index contributed by atoms with van der Waals surface area (Å²) in [6, 6.07) is 4.61. The minimum atomic E-state index is -4.42. The van der Waals surface area contributed by atoms with Gasteiger partial charge >= 0.3 is 12.4 Å². The standard InChI is InChI=1S/C18H24F6N4O.HI/c1-25-16(26-7-6-17(19,20)21)27-12-15(28-8-10-29-11-9-28)13-2-4-14(5-3-13)18(22,23)24;/h2-5,15H,6-12H2,1H3,(H2,25,26,27);1H. The molecule has 0 amide bonds. The van der Waals surface area contributed by atoms with Crippen molar-refractivity contribution in [3.63, 3.8) is 0 Å². The number of alkyl halides is 6. The highest BCUT2D eigenvalue weighted by molar-refractivity contribution is 14.0. The number of hydrogen-bond donors (Lipinski definition) is 2. The van der Waals surface area contributed by atoms with Crippen molar-refractivity contribution in [1.82, 2.24) is 15.5 Å². The maximum Gasteiger partial charge on any atom is 0.416 e. The van der Waals surface area contributed by atoms with E-state index in [1.54, 1.807) is 0 Å². The summed E-state index contributed by atoms with van der Waals surface area (Å²) in [4.78, 5) is 5.96. The van der Waals surface area contributed by atoms with Crippen LogP contribution >= 0.6 is 24.0 Å². The van der Waals surface area contributed by atoms with Gasteiger partial charge in [0.15, 0.2) is 5.96 Å². The van der Waals surface area contributed by atoms with Crippen molar-refractivity contribution in [1.29, 1.82) is 0 Å². The minimum absolute atomic E-state index is 0. The lowest BCUT2D eigenvalue weighted by molar-refractivity contribution is -0.137. The largest absolute Gasteiger partial charge is 0.416 e. The fourth-order valence-corrected chi connectivity index (χ4v) is 2.98. The Bertz CT molecular complexity index is 660. The number of rotatable bonds is 6. The van der Waals surface area contributed by atoms with Gasteiger partial charge in [0.05, 0.1) is 31.2 Å². The Morgan fingerprint density at radius 3 is 2.17 bits per heavy atom. The summed E-state index contributed by atoms with van der Waals surface area (Å²) in [5, 5.41) is 5.55. The van der Waals surface area contributed by atoms with Crippen molar-refractivity contribution < 1.29 is 31.1 Å². The highest BCUT2D eigenvalue weighted by Crippen LogP contribution is 2.31. The SMILES string of the molecule is CN=C(NCCC(F)(F)F)NCC(c1ccc(C(F)(F)F)cc1)N1CCOCC1.I. The van der Waals surface area contributed by atoms with Crippen molar-refractivity contribution in [2.24, 2.45) is 4.99 Å². The average Bonchev–Trinajstić information content (AvgIpc) is 2.66. The quantitative estimate of drug-likeness (QED) is 0.243. The van der Waals surface area contributed by atoms with E-state index in [2.05, 4.69) is 20.5 Å². The first-order valence-corrected chi connectivity index (χ1v) is 9.10. The molecule has 0 radical (unpaired) electrons. The highest BCUT2D eigenvalue weighted by Gasteiger charge is 2.31. The summed E-state index contributed by atoms with van der Waals surface area (Å²) >= 11 is 0. The van der Waals surface area contributed by atoms with Gasteiger partial charge in [-0.3, -0.25) is 9.89 Å². The lowest BCUT2D eigenvalue weighted by Crippen LogP contribution is -2.46. The summed E-state index contributed by atoms with van der Waals surface area (Å²) < 4.78 is 80.7. The van der Waals surface area contributed by atoms with Gasteiger partial charge in [-0.15, -0.1) is 24.0 Å². The molecular formula is C18H25F6IN4O. The second-order valence-corrected chi connectivity index (χ2v) is 6.53. The molecule has 1 unspecified atom stereocenters. The molecule has 1 aliphatic heterocycles. The molecule has 0 saturated carbocycles. The lowest BCUT2D eigenvalue weighted by Gasteiger charge is -2.35. The van der Waals surface area contributed by atoms with E-state index in [4.69, 9.17) is 4.74 Å². The first kappa shape index (κ1) is 26.8. The molecule has 30 heavy (non-hydrogen) atoms. The van der Waals surface area contributed by atoms with Crippen LogP contribution in [0.25, 0.3) is 0 Å². The topological polar surface area (TPSA) is 48.9 Å². The minimum Gasteiger partial charge on any atom is -0.379 e. The fraction of sp³-hybridized carbons (Fsp3) is 0.611. The van der Waals surface area contributed by atoms with Crippen molar-refractivity contribution in [3.05, 3.63) is 35.4 Å². The van der Waals surface area contributed by atoms with Crippen LogP contribution in [0.5, 0.6) is 0 Å². The third kappa shape index (κ3) is 8.84. The number of halogens is 7. The number of guanidine groups is 1. The summed E-state index contributed by atoms with van der Waals surface area (Å²) in [6.07, 6.45) is -9.70. The van der Waals surface area contributed by atoms with Crippen molar-refractivity contribution in [2.75, 3.05) is 46.4 Å². The highest BCUT2D eigenvalue weighted by atomic mass is 127. The van der Waals surface area contributed by atoms with Crippen LogP contribution in [-0.2, 0) is 10.9 Å².